The summed E-state index contributed by atoms with van der Waals surface area (Å²) >= 11 is 3.47. The monoisotopic (exact) mass is 341 g/mol. The van der Waals surface area contributed by atoms with E-state index in [9.17, 15) is 10.1 Å². The lowest BCUT2D eigenvalue weighted by Crippen LogP contribution is -2.49. The summed E-state index contributed by atoms with van der Waals surface area (Å²) in [4.78, 5) is 12.9. The Morgan fingerprint density at radius 3 is 2.85 bits per heavy atom. The van der Waals surface area contributed by atoms with Crippen LogP contribution in [0.25, 0.3) is 0 Å². The van der Waals surface area contributed by atoms with Gasteiger partial charge in [-0.25, -0.2) is 0 Å². The van der Waals surface area contributed by atoms with Crippen molar-refractivity contribution in [3.05, 3.63) is 32.3 Å². The SMILES string of the molecule is Cc1cc(N2CCCC(C)C2CN)c(Br)cc1[N+](=O)[O-]. The van der Waals surface area contributed by atoms with Crippen molar-refractivity contribution in [3.63, 3.8) is 0 Å². The summed E-state index contributed by atoms with van der Waals surface area (Å²) in [6, 6.07) is 3.78. The molecule has 5 nitrogen and oxygen atoms in total. The largest absolute Gasteiger partial charge is 0.366 e. The zero-order chi connectivity index (χ0) is 14.9. The molecular formula is C14H20BrN3O2. The maximum absolute atomic E-state index is 11.0. The summed E-state index contributed by atoms with van der Waals surface area (Å²) in [5.41, 5.74) is 7.76. The van der Waals surface area contributed by atoms with Gasteiger partial charge in [0.2, 0.25) is 0 Å². The first kappa shape index (κ1) is 15.3. The van der Waals surface area contributed by atoms with Crippen molar-refractivity contribution in [3.8, 4) is 0 Å². The molecule has 1 aromatic carbocycles. The fraction of sp³-hybridized carbons (Fsp3) is 0.571. The molecule has 1 aliphatic heterocycles. The molecule has 2 atom stereocenters. The number of nitrogens with zero attached hydrogens (tertiary/aromatic N) is 2. The Morgan fingerprint density at radius 2 is 2.25 bits per heavy atom. The number of piperidine rings is 1. The van der Waals surface area contributed by atoms with Crippen molar-refractivity contribution in [2.75, 3.05) is 18.0 Å². The van der Waals surface area contributed by atoms with Gasteiger partial charge in [-0.3, -0.25) is 10.1 Å². The lowest BCUT2D eigenvalue weighted by atomic mass is 9.90. The van der Waals surface area contributed by atoms with Crippen LogP contribution in [0.1, 0.15) is 25.3 Å². The standard InChI is InChI=1S/C14H20BrN3O2/c1-9-4-3-5-17(14(9)8-16)13-6-10(2)12(18(19)20)7-11(13)15/h6-7,9,14H,3-5,8,16H2,1-2H3. The maximum atomic E-state index is 11.0. The first-order valence-electron chi connectivity index (χ1n) is 6.87. The van der Waals surface area contributed by atoms with E-state index in [4.69, 9.17) is 5.73 Å². The molecule has 2 rings (SSSR count). The Bertz CT molecular complexity index is 521. The third kappa shape index (κ3) is 2.81. The summed E-state index contributed by atoms with van der Waals surface area (Å²) in [7, 11) is 0. The third-order valence-corrected chi connectivity index (χ3v) is 4.76. The highest BCUT2D eigenvalue weighted by Gasteiger charge is 2.29. The molecule has 20 heavy (non-hydrogen) atoms. The molecule has 0 bridgehead atoms. The van der Waals surface area contributed by atoms with Crippen LogP contribution < -0.4 is 10.6 Å². The zero-order valence-corrected chi connectivity index (χ0v) is 13.4. The van der Waals surface area contributed by atoms with Crippen LogP contribution in [0.2, 0.25) is 0 Å². The summed E-state index contributed by atoms with van der Waals surface area (Å²) in [6.45, 7) is 5.54. The minimum atomic E-state index is -0.344. The molecule has 0 radical (unpaired) electrons. The molecule has 0 spiro atoms. The second kappa shape index (κ2) is 6.10. The number of aryl methyl sites for hydroxylation is 1. The van der Waals surface area contributed by atoms with Crippen LogP contribution in [-0.4, -0.2) is 24.1 Å². The van der Waals surface area contributed by atoms with Gasteiger partial charge in [0, 0.05) is 35.2 Å². The molecule has 2 N–H and O–H groups in total. The quantitative estimate of drug-likeness (QED) is 0.676. The van der Waals surface area contributed by atoms with Gasteiger partial charge in [0.1, 0.15) is 0 Å². The molecule has 1 aromatic rings. The predicted octanol–water partition coefficient (Wildman–Crippen LogP) is 3.23. The highest BCUT2D eigenvalue weighted by atomic mass is 79.9. The van der Waals surface area contributed by atoms with Crippen LogP contribution in [0.5, 0.6) is 0 Å². The second-order valence-corrected chi connectivity index (χ2v) is 6.32. The van der Waals surface area contributed by atoms with E-state index in [-0.39, 0.29) is 10.6 Å². The topological polar surface area (TPSA) is 72.4 Å². The normalized spacial score (nSPS) is 22.9. The van der Waals surface area contributed by atoms with Crippen LogP contribution in [0.3, 0.4) is 0 Å². The number of rotatable bonds is 3. The van der Waals surface area contributed by atoms with Gasteiger partial charge in [0.25, 0.3) is 5.69 Å². The third-order valence-electron chi connectivity index (χ3n) is 4.13. The summed E-state index contributed by atoms with van der Waals surface area (Å²) in [5.74, 6) is 0.538. The maximum Gasteiger partial charge on any atom is 0.273 e. The van der Waals surface area contributed by atoms with E-state index < -0.39 is 0 Å². The first-order valence-corrected chi connectivity index (χ1v) is 7.66. The molecule has 1 aliphatic rings. The molecular weight excluding hydrogens is 322 g/mol. The molecule has 2 unspecified atom stereocenters. The Hall–Kier alpha value is -1.14. The Morgan fingerprint density at radius 1 is 1.55 bits per heavy atom. The van der Waals surface area contributed by atoms with E-state index in [0.717, 1.165) is 23.1 Å². The van der Waals surface area contributed by atoms with Crippen molar-refractivity contribution in [1.29, 1.82) is 0 Å². The van der Waals surface area contributed by atoms with Crippen molar-refractivity contribution < 1.29 is 4.92 Å². The summed E-state index contributed by atoms with van der Waals surface area (Å²) in [5, 5.41) is 11.0. The van der Waals surface area contributed by atoms with E-state index in [2.05, 4.69) is 27.8 Å². The minimum absolute atomic E-state index is 0.148. The molecule has 0 saturated carbocycles. The summed E-state index contributed by atoms with van der Waals surface area (Å²) < 4.78 is 0.766. The second-order valence-electron chi connectivity index (χ2n) is 5.46. The van der Waals surface area contributed by atoms with Gasteiger partial charge >= 0.3 is 0 Å². The van der Waals surface area contributed by atoms with Crippen molar-refractivity contribution in [2.45, 2.75) is 32.7 Å². The van der Waals surface area contributed by atoms with Crippen molar-refractivity contribution in [1.82, 2.24) is 0 Å². The number of nitro groups is 1. The average Bonchev–Trinajstić information content (AvgIpc) is 2.40. The molecule has 0 aromatic heterocycles. The van der Waals surface area contributed by atoms with E-state index in [1.807, 2.05) is 6.07 Å². The Balaban J connectivity index is 2.41. The van der Waals surface area contributed by atoms with Crippen molar-refractivity contribution in [2.24, 2.45) is 11.7 Å². The van der Waals surface area contributed by atoms with Crippen LogP contribution in [0, 0.1) is 23.0 Å². The smallest absolute Gasteiger partial charge is 0.273 e. The molecule has 6 heteroatoms. The highest BCUT2D eigenvalue weighted by Crippen LogP contribution is 2.37. The van der Waals surface area contributed by atoms with Crippen LogP contribution in [-0.2, 0) is 0 Å². The zero-order valence-electron chi connectivity index (χ0n) is 11.8. The lowest BCUT2D eigenvalue weighted by Gasteiger charge is -2.41. The highest BCUT2D eigenvalue weighted by molar-refractivity contribution is 9.10. The minimum Gasteiger partial charge on any atom is -0.366 e. The van der Waals surface area contributed by atoms with E-state index in [1.165, 1.54) is 6.42 Å². The molecule has 110 valence electrons. The molecule has 0 aliphatic carbocycles. The molecule has 0 amide bonds. The number of hydrogen-bond donors (Lipinski definition) is 1. The van der Waals surface area contributed by atoms with Gasteiger partial charge in [0.15, 0.2) is 0 Å². The fourth-order valence-corrected chi connectivity index (χ4v) is 3.54. The molecule has 1 fully saturated rings. The van der Waals surface area contributed by atoms with E-state index in [0.29, 0.717) is 24.1 Å². The molecule has 1 saturated heterocycles. The van der Waals surface area contributed by atoms with Gasteiger partial charge in [-0.1, -0.05) is 6.92 Å². The van der Waals surface area contributed by atoms with Gasteiger partial charge in [-0.15, -0.1) is 0 Å². The predicted molar refractivity (Wildman–Crippen MR) is 84.1 cm³/mol. The van der Waals surface area contributed by atoms with E-state index >= 15 is 0 Å². The van der Waals surface area contributed by atoms with E-state index in [1.54, 1.807) is 13.0 Å². The Kier molecular flexibility index (Phi) is 4.65. The number of anilines is 1. The van der Waals surface area contributed by atoms with Crippen LogP contribution in [0.4, 0.5) is 11.4 Å². The first-order chi connectivity index (χ1) is 9.45. The number of halogens is 1. The lowest BCUT2D eigenvalue weighted by molar-refractivity contribution is -0.385. The average molecular weight is 342 g/mol. The van der Waals surface area contributed by atoms with Gasteiger partial charge in [0.05, 0.1) is 10.6 Å². The van der Waals surface area contributed by atoms with Crippen LogP contribution in [0.15, 0.2) is 16.6 Å². The Labute approximate surface area is 127 Å². The fourth-order valence-electron chi connectivity index (χ4n) is 2.98. The number of nitrogens with two attached hydrogens (primary N) is 1. The van der Waals surface area contributed by atoms with Crippen molar-refractivity contribution >= 4 is 27.3 Å². The number of nitro benzene ring substituents is 1. The number of hydrogen-bond acceptors (Lipinski definition) is 4. The van der Waals surface area contributed by atoms with Gasteiger partial charge in [-0.05, 0) is 47.7 Å². The number of benzene rings is 1. The molecule has 1 heterocycles. The van der Waals surface area contributed by atoms with Gasteiger partial charge < -0.3 is 10.6 Å². The van der Waals surface area contributed by atoms with Gasteiger partial charge in [-0.2, -0.15) is 0 Å². The summed E-state index contributed by atoms with van der Waals surface area (Å²) in [6.07, 6.45) is 2.31. The van der Waals surface area contributed by atoms with Crippen LogP contribution >= 0.6 is 15.9 Å².